The van der Waals surface area contributed by atoms with Crippen LogP contribution in [0.5, 0.6) is 0 Å². The average molecular weight is 323 g/mol. The Hall–Kier alpha value is -0.900. The van der Waals surface area contributed by atoms with Gasteiger partial charge in [0.05, 0.1) is 11.2 Å². The van der Waals surface area contributed by atoms with Gasteiger partial charge in [-0.1, -0.05) is 30.7 Å². The number of aromatic nitrogens is 1. The molecule has 0 amide bonds. The molecule has 2 rings (SSSR count). The second-order valence-corrected chi connectivity index (χ2v) is 6.78. The Balaban J connectivity index is 1.93. The number of benzene rings is 1. The molecule has 0 bridgehead atoms. The van der Waals surface area contributed by atoms with Crippen molar-refractivity contribution in [2.75, 3.05) is 13.1 Å². The molecule has 1 aromatic heterocycles. The fourth-order valence-electron chi connectivity index (χ4n) is 2.48. The quantitative estimate of drug-likeness (QED) is 0.773. The van der Waals surface area contributed by atoms with Crippen LogP contribution in [0.2, 0.25) is 5.02 Å². The van der Waals surface area contributed by atoms with Crippen molar-refractivity contribution in [3.05, 3.63) is 50.9 Å². The van der Waals surface area contributed by atoms with E-state index >= 15 is 0 Å². The first-order valence-electron chi connectivity index (χ1n) is 7.53. The van der Waals surface area contributed by atoms with Crippen LogP contribution in [0.3, 0.4) is 0 Å². The summed E-state index contributed by atoms with van der Waals surface area (Å²) in [6, 6.07) is 8.24. The largest absolute Gasteiger partial charge is 0.317 e. The van der Waals surface area contributed by atoms with Gasteiger partial charge in [-0.2, -0.15) is 0 Å². The van der Waals surface area contributed by atoms with E-state index in [1.165, 1.54) is 22.6 Å². The summed E-state index contributed by atoms with van der Waals surface area (Å²) in [5.74, 6) is 0.646. The summed E-state index contributed by atoms with van der Waals surface area (Å²) in [7, 11) is 0. The van der Waals surface area contributed by atoms with Gasteiger partial charge in [-0.05, 0) is 62.9 Å². The molecule has 1 heterocycles. The van der Waals surface area contributed by atoms with E-state index in [4.69, 9.17) is 11.6 Å². The Bertz CT molecular complexity index is 536. The summed E-state index contributed by atoms with van der Waals surface area (Å²) in [5.41, 5.74) is 4.50. The van der Waals surface area contributed by atoms with Gasteiger partial charge in [-0.25, -0.2) is 4.98 Å². The van der Waals surface area contributed by atoms with Gasteiger partial charge in [-0.15, -0.1) is 11.3 Å². The molecule has 21 heavy (non-hydrogen) atoms. The maximum atomic E-state index is 5.96. The fourth-order valence-corrected chi connectivity index (χ4v) is 3.40. The van der Waals surface area contributed by atoms with Crippen LogP contribution in [0.4, 0.5) is 0 Å². The summed E-state index contributed by atoms with van der Waals surface area (Å²) in [6.45, 7) is 6.35. The molecule has 114 valence electrons. The van der Waals surface area contributed by atoms with Crippen molar-refractivity contribution in [2.24, 2.45) is 5.92 Å². The second kappa shape index (κ2) is 8.52. The topological polar surface area (TPSA) is 24.9 Å². The SMILES string of the molecule is CCNCC(CCc1scnc1C)Cc1ccc(Cl)cc1. The molecule has 0 saturated carbocycles. The maximum absolute atomic E-state index is 5.96. The number of hydrogen-bond acceptors (Lipinski definition) is 3. The van der Waals surface area contributed by atoms with Gasteiger partial charge in [0, 0.05) is 9.90 Å². The van der Waals surface area contributed by atoms with Crippen molar-refractivity contribution in [2.45, 2.75) is 33.1 Å². The van der Waals surface area contributed by atoms with E-state index in [0.717, 1.165) is 31.0 Å². The van der Waals surface area contributed by atoms with Gasteiger partial charge >= 0.3 is 0 Å². The number of aryl methyl sites for hydroxylation is 2. The van der Waals surface area contributed by atoms with E-state index < -0.39 is 0 Å². The molecule has 0 saturated heterocycles. The van der Waals surface area contributed by atoms with E-state index in [0.29, 0.717) is 5.92 Å². The summed E-state index contributed by atoms with van der Waals surface area (Å²) >= 11 is 7.73. The van der Waals surface area contributed by atoms with Crippen LogP contribution < -0.4 is 5.32 Å². The summed E-state index contributed by atoms with van der Waals surface area (Å²) in [4.78, 5) is 5.76. The van der Waals surface area contributed by atoms with E-state index in [-0.39, 0.29) is 0 Å². The van der Waals surface area contributed by atoms with Gasteiger partial charge in [0.15, 0.2) is 0 Å². The van der Waals surface area contributed by atoms with Crippen molar-refractivity contribution in [3.63, 3.8) is 0 Å². The zero-order chi connectivity index (χ0) is 15.1. The van der Waals surface area contributed by atoms with Crippen LogP contribution in [0.25, 0.3) is 0 Å². The predicted octanol–water partition coefficient (Wildman–Crippen LogP) is 4.51. The third-order valence-electron chi connectivity index (χ3n) is 3.75. The smallest absolute Gasteiger partial charge is 0.0797 e. The Morgan fingerprint density at radius 2 is 2.05 bits per heavy atom. The van der Waals surface area contributed by atoms with E-state index in [1.807, 2.05) is 17.6 Å². The van der Waals surface area contributed by atoms with E-state index in [1.54, 1.807) is 11.3 Å². The molecule has 0 aliphatic heterocycles. The zero-order valence-corrected chi connectivity index (χ0v) is 14.3. The first kappa shape index (κ1) is 16.5. The number of thiazole rings is 1. The van der Waals surface area contributed by atoms with Crippen LogP contribution in [-0.4, -0.2) is 18.1 Å². The number of nitrogens with one attached hydrogen (secondary N) is 1. The van der Waals surface area contributed by atoms with Crippen molar-refractivity contribution < 1.29 is 0 Å². The Morgan fingerprint density at radius 3 is 2.67 bits per heavy atom. The summed E-state index contributed by atoms with van der Waals surface area (Å²) < 4.78 is 0. The van der Waals surface area contributed by atoms with Crippen LogP contribution in [-0.2, 0) is 12.8 Å². The average Bonchev–Trinajstić information content (AvgIpc) is 2.89. The van der Waals surface area contributed by atoms with Gasteiger partial charge in [0.2, 0.25) is 0 Å². The molecule has 0 aliphatic carbocycles. The lowest BCUT2D eigenvalue weighted by molar-refractivity contribution is 0.450. The summed E-state index contributed by atoms with van der Waals surface area (Å²) in [5, 5.41) is 4.29. The maximum Gasteiger partial charge on any atom is 0.0797 e. The Morgan fingerprint density at radius 1 is 1.29 bits per heavy atom. The molecule has 0 aliphatic rings. The fraction of sp³-hybridized carbons (Fsp3) is 0.471. The molecule has 0 radical (unpaired) electrons. The molecule has 2 nitrogen and oxygen atoms in total. The number of nitrogens with zero attached hydrogens (tertiary/aromatic N) is 1. The molecular weight excluding hydrogens is 300 g/mol. The van der Waals surface area contributed by atoms with Crippen LogP contribution in [0, 0.1) is 12.8 Å². The lowest BCUT2D eigenvalue weighted by atomic mass is 9.94. The van der Waals surface area contributed by atoms with Crippen LogP contribution in [0.1, 0.15) is 29.5 Å². The summed E-state index contributed by atoms with van der Waals surface area (Å²) in [6.07, 6.45) is 3.42. The van der Waals surface area contributed by atoms with Gasteiger partial charge in [-0.3, -0.25) is 0 Å². The van der Waals surface area contributed by atoms with Crippen LogP contribution in [0.15, 0.2) is 29.8 Å². The monoisotopic (exact) mass is 322 g/mol. The van der Waals surface area contributed by atoms with Gasteiger partial charge in [0.1, 0.15) is 0 Å². The highest BCUT2D eigenvalue weighted by molar-refractivity contribution is 7.09. The van der Waals surface area contributed by atoms with E-state index in [9.17, 15) is 0 Å². The molecule has 4 heteroatoms. The first-order valence-corrected chi connectivity index (χ1v) is 8.79. The Kier molecular flexibility index (Phi) is 6.68. The highest BCUT2D eigenvalue weighted by atomic mass is 35.5. The minimum Gasteiger partial charge on any atom is -0.317 e. The van der Waals surface area contributed by atoms with Gasteiger partial charge < -0.3 is 5.32 Å². The lowest BCUT2D eigenvalue weighted by Crippen LogP contribution is -2.24. The van der Waals surface area contributed by atoms with Crippen LogP contribution >= 0.6 is 22.9 Å². The number of hydrogen-bond donors (Lipinski definition) is 1. The van der Waals surface area contributed by atoms with E-state index in [2.05, 4.69) is 36.3 Å². The minimum absolute atomic E-state index is 0.646. The second-order valence-electron chi connectivity index (χ2n) is 5.40. The molecule has 1 aromatic carbocycles. The highest BCUT2D eigenvalue weighted by Crippen LogP contribution is 2.20. The van der Waals surface area contributed by atoms with Crippen molar-refractivity contribution in [1.29, 1.82) is 0 Å². The van der Waals surface area contributed by atoms with Crippen molar-refractivity contribution >= 4 is 22.9 Å². The molecule has 1 unspecified atom stereocenters. The zero-order valence-electron chi connectivity index (χ0n) is 12.7. The molecule has 1 atom stereocenters. The third-order valence-corrected chi connectivity index (χ3v) is 4.99. The standard InChI is InChI=1S/C17H23ClN2S/c1-3-19-11-15(6-9-17-13(2)20-12-21-17)10-14-4-7-16(18)8-5-14/h4-5,7-8,12,15,19H,3,6,9-11H2,1-2H3. The normalized spacial score (nSPS) is 12.5. The Labute approximate surface area is 136 Å². The van der Waals surface area contributed by atoms with Crippen molar-refractivity contribution in [3.8, 4) is 0 Å². The predicted molar refractivity (Wildman–Crippen MR) is 92.4 cm³/mol. The van der Waals surface area contributed by atoms with Crippen molar-refractivity contribution in [1.82, 2.24) is 10.3 Å². The molecule has 0 fully saturated rings. The first-order chi connectivity index (χ1) is 10.2. The molecule has 0 spiro atoms. The molecule has 2 aromatic rings. The molecule has 1 N–H and O–H groups in total. The lowest BCUT2D eigenvalue weighted by Gasteiger charge is -2.17. The highest BCUT2D eigenvalue weighted by Gasteiger charge is 2.11. The molecular formula is C17H23ClN2S. The van der Waals surface area contributed by atoms with Gasteiger partial charge in [0.25, 0.3) is 0 Å². The number of rotatable bonds is 8. The number of halogens is 1. The third kappa shape index (κ3) is 5.42. The minimum atomic E-state index is 0.646.